The van der Waals surface area contributed by atoms with Crippen LogP contribution in [0.1, 0.15) is 19.3 Å². The first-order chi connectivity index (χ1) is 8.05. The van der Waals surface area contributed by atoms with Gasteiger partial charge in [0.25, 0.3) is 10.0 Å². The predicted octanol–water partition coefficient (Wildman–Crippen LogP) is 0.344. The van der Waals surface area contributed by atoms with E-state index in [1.54, 1.807) is 11.6 Å². The van der Waals surface area contributed by atoms with Gasteiger partial charge in [0.1, 0.15) is 0 Å². The zero-order valence-electron chi connectivity index (χ0n) is 10.3. The number of nitrogens with two attached hydrogens (primary N) is 1. The van der Waals surface area contributed by atoms with E-state index in [9.17, 15) is 8.42 Å². The van der Waals surface area contributed by atoms with Crippen molar-refractivity contribution in [2.45, 2.75) is 30.3 Å². The Morgan fingerprint density at radius 1 is 1.50 bits per heavy atom. The summed E-state index contributed by atoms with van der Waals surface area (Å²) in [5.74, 6) is 0. The molecule has 0 amide bonds. The standard InChI is InChI=1S/C10H18N4O2S.ClH/c1-13-7-10(12-8-13)17(15,16)14-5-3-2-4-9(14)6-11;/h7-9H,2-6,11H2,1H3;1H. The average Bonchev–Trinajstić information content (AvgIpc) is 2.76. The number of nitrogens with zero attached hydrogens (tertiary/aromatic N) is 3. The molecule has 0 aliphatic carbocycles. The van der Waals surface area contributed by atoms with Gasteiger partial charge in [0.05, 0.1) is 6.33 Å². The molecule has 1 aromatic heterocycles. The Bertz CT molecular complexity index is 488. The molecule has 1 aromatic rings. The van der Waals surface area contributed by atoms with Crippen molar-refractivity contribution in [3.05, 3.63) is 12.5 Å². The monoisotopic (exact) mass is 294 g/mol. The maximum Gasteiger partial charge on any atom is 0.262 e. The highest BCUT2D eigenvalue weighted by atomic mass is 35.5. The van der Waals surface area contributed by atoms with E-state index in [0.29, 0.717) is 13.1 Å². The number of hydrogen-bond donors (Lipinski definition) is 1. The minimum absolute atomic E-state index is 0. The van der Waals surface area contributed by atoms with Crippen LogP contribution in [0.5, 0.6) is 0 Å². The number of aromatic nitrogens is 2. The van der Waals surface area contributed by atoms with Crippen molar-refractivity contribution in [2.24, 2.45) is 12.8 Å². The first-order valence-electron chi connectivity index (χ1n) is 5.75. The van der Waals surface area contributed by atoms with E-state index < -0.39 is 10.0 Å². The minimum atomic E-state index is -3.48. The Morgan fingerprint density at radius 2 is 2.22 bits per heavy atom. The van der Waals surface area contributed by atoms with E-state index in [-0.39, 0.29) is 23.5 Å². The summed E-state index contributed by atoms with van der Waals surface area (Å²) in [6.45, 7) is 0.910. The lowest BCUT2D eigenvalue weighted by Crippen LogP contribution is -2.47. The first-order valence-corrected chi connectivity index (χ1v) is 7.19. The summed E-state index contributed by atoms with van der Waals surface area (Å²) in [5, 5.41) is 0.111. The van der Waals surface area contributed by atoms with Crippen molar-refractivity contribution < 1.29 is 8.42 Å². The fourth-order valence-corrected chi connectivity index (χ4v) is 3.84. The topological polar surface area (TPSA) is 81.2 Å². The molecule has 0 saturated carbocycles. The maximum absolute atomic E-state index is 12.4. The molecule has 1 fully saturated rings. The third kappa shape index (κ3) is 2.85. The van der Waals surface area contributed by atoms with Crippen molar-refractivity contribution in [3.63, 3.8) is 0 Å². The quantitative estimate of drug-likeness (QED) is 0.872. The van der Waals surface area contributed by atoms with Crippen LogP contribution in [0.3, 0.4) is 0 Å². The molecule has 2 rings (SSSR count). The Labute approximate surface area is 114 Å². The normalized spacial score (nSPS) is 21.6. The summed E-state index contributed by atoms with van der Waals surface area (Å²) in [7, 11) is -1.73. The Hall–Kier alpha value is -0.630. The van der Waals surface area contributed by atoms with Gasteiger partial charge in [0.15, 0.2) is 5.03 Å². The van der Waals surface area contributed by atoms with Crippen LogP contribution in [0, 0.1) is 0 Å². The predicted molar refractivity (Wildman–Crippen MR) is 71.0 cm³/mol. The van der Waals surface area contributed by atoms with Crippen molar-refractivity contribution in [3.8, 4) is 0 Å². The molecule has 1 saturated heterocycles. The lowest BCUT2D eigenvalue weighted by molar-refractivity contribution is 0.257. The molecule has 0 bridgehead atoms. The second-order valence-electron chi connectivity index (χ2n) is 4.38. The number of hydrogen-bond acceptors (Lipinski definition) is 4. The molecule has 1 aliphatic heterocycles. The zero-order valence-corrected chi connectivity index (χ0v) is 12.0. The van der Waals surface area contributed by atoms with Crippen LogP contribution in [-0.2, 0) is 17.1 Å². The number of aryl methyl sites for hydroxylation is 1. The van der Waals surface area contributed by atoms with E-state index in [2.05, 4.69) is 4.98 Å². The molecule has 2 heterocycles. The van der Waals surface area contributed by atoms with Crippen LogP contribution >= 0.6 is 12.4 Å². The fraction of sp³-hybridized carbons (Fsp3) is 0.700. The van der Waals surface area contributed by atoms with Crippen LogP contribution in [0.25, 0.3) is 0 Å². The third-order valence-electron chi connectivity index (χ3n) is 3.10. The summed E-state index contributed by atoms with van der Waals surface area (Å²) < 4.78 is 27.9. The molecule has 1 unspecified atom stereocenters. The van der Waals surface area contributed by atoms with Crippen LogP contribution in [0.2, 0.25) is 0 Å². The van der Waals surface area contributed by atoms with Gasteiger partial charge in [0, 0.05) is 32.4 Å². The summed E-state index contributed by atoms with van der Waals surface area (Å²) >= 11 is 0. The van der Waals surface area contributed by atoms with Gasteiger partial charge < -0.3 is 10.3 Å². The summed E-state index contributed by atoms with van der Waals surface area (Å²) in [6, 6.07) is -0.0873. The van der Waals surface area contributed by atoms with Crippen LogP contribution in [-0.4, -0.2) is 41.4 Å². The number of piperidine rings is 1. The highest BCUT2D eigenvalue weighted by Gasteiger charge is 2.33. The Morgan fingerprint density at radius 3 is 2.78 bits per heavy atom. The minimum Gasteiger partial charge on any atom is -0.339 e. The molecule has 0 aromatic carbocycles. The molecular weight excluding hydrogens is 276 g/mol. The van der Waals surface area contributed by atoms with Crippen molar-refractivity contribution in [1.29, 1.82) is 0 Å². The Kier molecular flexibility index (Phi) is 5.15. The van der Waals surface area contributed by atoms with E-state index in [0.717, 1.165) is 19.3 Å². The van der Waals surface area contributed by atoms with Gasteiger partial charge in [0.2, 0.25) is 0 Å². The fourth-order valence-electron chi connectivity index (χ4n) is 2.17. The second kappa shape index (κ2) is 6.01. The van der Waals surface area contributed by atoms with Gasteiger partial charge in [-0.25, -0.2) is 13.4 Å². The lowest BCUT2D eigenvalue weighted by atomic mass is 10.1. The van der Waals surface area contributed by atoms with Crippen molar-refractivity contribution in [1.82, 2.24) is 13.9 Å². The van der Waals surface area contributed by atoms with Crippen LogP contribution in [0.15, 0.2) is 17.6 Å². The van der Waals surface area contributed by atoms with E-state index in [4.69, 9.17) is 5.73 Å². The number of rotatable bonds is 3. The molecule has 1 aliphatic rings. The number of sulfonamides is 1. The summed E-state index contributed by atoms with van der Waals surface area (Å²) in [5.41, 5.74) is 5.64. The third-order valence-corrected chi connectivity index (χ3v) is 4.94. The SMILES string of the molecule is Cl.Cn1cnc(S(=O)(=O)N2CCCCC2CN)c1. The molecule has 2 N–H and O–H groups in total. The highest BCUT2D eigenvalue weighted by Crippen LogP contribution is 2.23. The molecule has 0 spiro atoms. The zero-order chi connectivity index (χ0) is 12.5. The largest absolute Gasteiger partial charge is 0.339 e. The van der Waals surface area contributed by atoms with Gasteiger partial charge in [-0.15, -0.1) is 12.4 Å². The van der Waals surface area contributed by atoms with E-state index in [1.807, 2.05) is 0 Å². The summed E-state index contributed by atoms with van der Waals surface area (Å²) in [6.07, 6.45) is 5.78. The van der Waals surface area contributed by atoms with Gasteiger partial charge >= 0.3 is 0 Å². The lowest BCUT2D eigenvalue weighted by Gasteiger charge is -2.33. The van der Waals surface area contributed by atoms with Gasteiger partial charge in [-0.05, 0) is 12.8 Å². The molecular formula is C10H19ClN4O2S. The molecule has 6 nitrogen and oxygen atoms in total. The van der Waals surface area contributed by atoms with Gasteiger partial charge in [-0.1, -0.05) is 6.42 Å². The van der Waals surface area contributed by atoms with Crippen LogP contribution in [0.4, 0.5) is 0 Å². The average molecular weight is 295 g/mol. The van der Waals surface area contributed by atoms with Gasteiger partial charge in [-0.2, -0.15) is 4.31 Å². The summed E-state index contributed by atoms with van der Waals surface area (Å²) in [4.78, 5) is 3.92. The molecule has 1 atom stereocenters. The molecule has 104 valence electrons. The molecule has 8 heteroatoms. The maximum atomic E-state index is 12.4. The van der Waals surface area contributed by atoms with E-state index in [1.165, 1.54) is 16.8 Å². The second-order valence-corrected chi connectivity index (χ2v) is 6.22. The van der Waals surface area contributed by atoms with E-state index >= 15 is 0 Å². The highest BCUT2D eigenvalue weighted by molar-refractivity contribution is 7.89. The molecule has 0 radical (unpaired) electrons. The number of halogens is 1. The van der Waals surface area contributed by atoms with Crippen LogP contribution < -0.4 is 5.73 Å². The molecule has 18 heavy (non-hydrogen) atoms. The first kappa shape index (κ1) is 15.4. The van der Waals surface area contributed by atoms with Gasteiger partial charge in [-0.3, -0.25) is 0 Å². The number of imidazole rings is 1. The van der Waals surface area contributed by atoms with Crippen molar-refractivity contribution >= 4 is 22.4 Å². The smallest absolute Gasteiger partial charge is 0.262 e. The van der Waals surface area contributed by atoms with Crippen molar-refractivity contribution in [2.75, 3.05) is 13.1 Å². The Balaban J connectivity index is 0.00000162.